The second-order valence-electron chi connectivity index (χ2n) is 3.52. The Kier molecular flexibility index (Phi) is 6.14. The van der Waals surface area contributed by atoms with Crippen LogP contribution in [0.3, 0.4) is 0 Å². The molecule has 0 unspecified atom stereocenters. The summed E-state index contributed by atoms with van der Waals surface area (Å²) in [6.45, 7) is 2.98. The van der Waals surface area contributed by atoms with Gasteiger partial charge in [0.1, 0.15) is 6.04 Å². The summed E-state index contributed by atoms with van der Waals surface area (Å²) in [7, 11) is 0. The van der Waals surface area contributed by atoms with Gasteiger partial charge in [0.25, 0.3) is 0 Å². The lowest BCUT2D eigenvalue weighted by Gasteiger charge is -2.21. The van der Waals surface area contributed by atoms with E-state index >= 15 is 0 Å². The smallest absolute Gasteiger partial charge is 0.379 e. The molecule has 2 N–H and O–H groups in total. The molecule has 102 valence electrons. The van der Waals surface area contributed by atoms with Crippen LogP contribution in [-0.2, 0) is 9.53 Å². The number of carbonyl (C=O) groups excluding carboxylic acids is 1. The number of rotatable bonds is 4. The summed E-state index contributed by atoms with van der Waals surface area (Å²) in [5.74, 6) is -5.41. The molecule has 0 radical (unpaired) electrons. The number of carbonyl (C=O) groups is 1. The van der Waals surface area contributed by atoms with Crippen LogP contribution in [-0.4, -0.2) is 23.5 Å². The van der Waals surface area contributed by atoms with Crippen molar-refractivity contribution in [1.82, 2.24) is 4.98 Å². The molecule has 4 nitrogen and oxygen atoms in total. The Morgan fingerprint density at radius 3 is 2.67 bits per heavy atom. The minimum Gasteiger partial charge on any atom is -0.462 e. The predicted octanol–water partition coefficient (Wildman–Crippen LogP) is 2.01. The normalized spacial score (nSPS) is 12.5. The molecule has 1 atom stereocenters. The maximum absolute atomic E-state index is 13.6. The zero-order chi connectivity index (χ0) is 13.1. The Hall–Kier alpha value is -1.27. The van der Waals surface area contributed by atoms with Gasteiger partial charge < -0.3 is 10.5 Å². The van der Waals surface area contributed by atoms with Gasteiger partial charge in [0.2, 0.25) is 0 Å². The van der Waals surface area contributed by atoms with Gasteiger partial charge in [-0.3, -0.25) is 4.98 Å². The zero-order valence-corrected chi connectivity index (χ0v) is 10.8. The number of aryl methyl sites for hydroxylation is 1. The van der Waals surface area contributed by atoms with E-state index in [1.807, 2.05) is 0 Å². The lowest BCUT2D eigenvalue weighted by molar-refractivity contribution is -0.175. The number of nitrogens with two attached hydrogens (primary N) is 1. The third-order valence-electron chi connectivity index (χ3n) is 2.17. The Bertz CT molecular complexity index is 416. The van der Waals surface area contributed by atoms with E-state index in [1.165, 1.54) is 13.0 Å². The van der Waals surface area contributed by atoms with E-state index in [-0.39, 0.29) is 24.7 Å². The van der Waals surface area contributed by atoms with Crippen molar-refractivity contribution >= 4 is 18.4 Å². The fourth-order valence-corrected chi connectivity index (χ4v) is 1.28. The number of esters is 1. The number of pyridine rings is 1. The molecule has 0 aliphatic rings. The van der Waals surface area contributed by atoms with Crippen LogP contribution in [0.15, 0.2) is 18.2 Å². The monoisotopic (exact) mass is 280 g/mol. The molecule has 1 aromatic heterocycles. The molecule has 0 aromatic carbocycles. The predicted molar refractivity (Wildman–Crippen MR) is 64.7 cm³/mol. The third-order valence-corrected chi connectivity index (χ3v) is 2.17. The SMILES string of the molecule is CCOC(=O)C(F)(F)[C@@H](N)c1cccc(C)n1.Cl. The van der Waals surface area contributed by atoms with Crippen LogP contribution >= 0.6 is 12.4 Å². The van der Waals surface area contributed by atoms with Crippen LogP contribution in [0.5, 0.6) is 0 Å². The fraction of sp³-hybridized carbons (Fsp3) is 0.455. The highest BCUT2D eigenvalue weighted by Crippen LogP contribution is 2.29. The Balaban J connectivity index is 0.00000289. The minimum absolute atomic E-state index is 0. The Labute approximate surface area is 110 Å². The first-order valence-electron chi connectivity index (χ1n) is 5.13. The molecule has 18 heavy (non-hydrogen) atoms. The lowest BCUT2D eigenvalue weighted by atomic mass is 10.1. The van der Waals surface area contributed by atoms with Crippen molar-refractivity contribution in [3.8, 4) is 0 Å². The van der Waals surface area contributed by atoms with Crippen molar-refractivity contribution in [3.05, 3.63) is 29.6 Å². The molecule has 0 saturated heterocycles. The minimum atomic E-state index is -3.78. The zero-order valence-electron chi connectivity index (χ0n) is 10.0. The molecule has 0 spiro atoms. The molecule has 0 saturated carbocycles. The highest BCUT2D eigenvalue weighted by molar-refractivity contribution is 5.85. The maximum atomic E-state index is 13.6. The second kappa shape index (κ2) is 6.61. The summed E-state index contributed by atoms with van der Waals surface area (Å²) >= 11 is 0. The summed E-state index contributed by atoms with van der Waals surface area (Å²) in [5.41, 5.74) is 5.87. The van der Waals surface area contributed by atoms with Crippen LogP contribution in [0, 0.1) is 6.92 Å². The molecular weight excluding hydrogens is 266 g/mol. The number of hydrogen-bond acceptors (Lipinski definition) is 4. The molecule has 1 heterocycles. The van der Waals surface area contributed by atoms with Gasteiger partial charge in [-0.15, -0.1) is 12.4 Å². The fourth-order valence-electron chi connectivity index (χ4n) is 1.28. The summed E-state index contributed by atoms with van der Waals surface area (Å²) in [4.78, 5) is 15.0. The number of ether oxygens (including phenoxy) is 1. The highest BCUT2D eigenvalue weighted by atomic mass is 35.5. The summed E-state index contributed by atoms with van der Waals surface area (Å²) in [5, 5.41) is 0. The van der Waals surface area contributed by atoms with E-state index in [0.717, 1.165) is 0 Å². The molecule has 0 aliphatic carbocycles. The van der Waals surface area contributed by atoms with E-state index < -0.39 is 17.9 Å². The Morgan fingerprint density at radius 1 is 1.56 bits per heavy atom. The first kappa shape index (κ1) is 16.7. The van der Waals surface area contributed by atoms with E-state index in [2.05, 4.69) is 9.72 Å². The molecule has 0 aliphatic heterocycles. The number of aromatic nitrogens is 1. The van der Waals surface area contributed by atoms with Gasteiger partial charge in [0.15, 0.2) is 0 Å². The molecule has 7 heteroatoms. The van der Waals surface area contributed by atoms with E-state index in [0.29, 0.717) is 5.69 Å². The van der Waals surface area contributed by atoms with Crippen LogP contribution < -0.4 is 5.73 Å². The number of halogens is 3. The van der Waals surface area contributed by atoms with Gasteiger partial charge in [0.05, 0.1) is 12.3 Å². The van der Waals surface area contributed by atoms with Crippen molar-refractivity contribution in [3.63, 3.8) is 0 Å². The van der Waals surface area contributed by atoms with Crippen molar-refractivity contribution in [1.29, 1.82) is 0 Å². The van der Waals surface area contributed by atoms with Gasteiger partial charge in [-0.05, 0) is 26.0 Å². The second-order valence-corrected chi connectivity index (χ2v) is 3.52. The summed E-state index contributed by atoms with van der Waals surface area (Å²) in [6.07, 6.45) is 0. The number of hydrogen-bond donors (Lipinski definition) is 1. The standard InChI is InChI=1S/C11H14F2N2O2.ClH/c1-3-17-10(16)11(12,13)9(14)8-6-4-5-7(2)15-8;/h4-6,9H,3,14H2,1-2H3;1H/t9-;/m0./s1. The van der Waals surface area contributed by atoms with E-state index in [1.54, 1.807) is 19.1 Å². The number of nitrogens with zero attached hydrogens (tertiary/aromatic N) is 1. The molecule has 0 bridgehead atoms. The first-order chi connectivity index (χ1) is 7.89. The van der Waals surface area contributed by atoms with Crippen LogP contribution in [0.25, 0.3) is 0 Å². The van der Waals surface area contributed by atoms with Crippen LogP contribution in [0.2, 0.25) is 0 Å². The molecule has 0 amide bonds. The summed E-state index contributed by atoms with van der Waals surface area (Å²) in [6, 6.07) is 2.75. The molecular formula is C11H15ClF2N2O2. The average molecular weight is 281 g/mol. The Morgan fingerprint density at radius 2 is 2.17 bits per heavy atom. The van der Waals surface area contributed by atoms with Gasteiger partial charge in [-0.2, -0.15) is 8.78 Å². The van der Waals surface area contributed by atoms with Crippen molar-refractivity contribution in [2.75, 3.05) is 6.61 Å². The van der Waals surface area contributed by atoms with Crippen molar-refractivity contribution in [2.45, 2.75) is 25.8 Å². The quantitative estimate of drug-likeness (QED) is 0.857. The molecule has 0 fully saturated rings. The van der Waals surface area contributed by atoms with Crippen LogP contribution in [0.1, 0.15) is 24.4 Å². The highest BCUT2D eigenvalue weighted by Gasteiger charge is 2.48. The topological polar surface area (TPSA) is 65.2 Å². The first-order valence-corrected chi connectivity index (χ1v) is 5.13. The van der Waals surface area contributed by atoms with Gasteiger partial charge in [-0.25, -0.2) is 4.79 Å². The van der Waals surface area contributed by atoms with E-state index in [9.17, 15) is 13.6 Å². The average Bonchev–Trinajstić information content (AvgIpc) is 2.28. The van der Waals surface area contributed by atoms with Gasteiger partial charge in [0, 0.05) is 5.69 Å². The third kappa shape index (κ3) is 3.61. The number of alkyl halides is 2. The molecule has 1 rings (SSSR count). The summed E-state index contributed by atoms with van der Waals surface area (Å²) < 4.78 is 31.4. The largest absolute Gasteiger partial charge is 0.462 e. The van der Waals surface area contributed by atoms with Crippen molar-refractivity contribution < 1.29 is 18.3 Å². The molecule has 1 aromatic rings. The van der Waals surface area contributed by atoms with Crippen LogP contribution in [0.4, 0.5) is 8.78 Å². The van der Waals surface area contributed by atoms with Crippen molar-refractivity contribution in [2.24, 2.45) is 5.73 Å². The van der Waals surface area contributed by atoms with Gasteiger partial charge in [-0.1, -0.05) is 6.07 Å². The van der Waals surface area contributed by atoms with E-state index in [4.69, 9.17) is 5.73 Å². The maximum Gasteiger partial charge on any atom is 0.379 e. The lowest BCUT2D eigenvalue weighted by Crippen LogP contribution is -2.42. The van der Waals surface area contributed by atoms with Gasteiger partial charge >= 0.3 is 11.9 Å².